The first-order chi connectivity index (χ1) is 5.04. The van der Waals surface area contributed by atoms with Gasteiger partial charge >= 0.3 is 0 Å². The summed E-state index contributed by atoms with van der Waals surface area (Å²) in [5.41, 5.74) is 2.45. The van der Waals surface area contributed by atoms with Gasteiger partial charge in [0.25, 0.3) is 0 Å². The summed E-state index contributed by atoms with van der Waals surface area (Å²) in [4.78, 5) is 0. The Hall–Kier alpha value is 2.17. The predicted molar refractivity (Wildman–Crippen MR) is 54.0 cm³/mol. The van der Waals surface area contributed by atoms with Crippen LogP contribution in [0.15, 0.2) is 20.4 Å². The Morgan fingerprint density at radius 1 is 1.00 bits per heavy atom. The Morgan fingerprint density at radius 2 is 1.50 bits per heavy atom. The summed E-state index contributed by atoms with van der Waals surface area (Å²) in [5.74, 6) is 0. The number of hydrogen-bond acceptors (Lipinski definition) is 2. The van der Waals surface area contributed by atoms with Gasteiger partial charge in [0, 0.05) is 63.2 Å². The molecule has 2 nitrogen and oxygen atoms in total. The quantitative estimate of drug-likeness (QED) is 0.420. The Labute approximate surface area is 137 Å². The summed E-state index contributed by atoms with van der Waals surface area (Å²) in [6.45, 7) is 0. The fraction of sp³-hybridized carbons (Fsp3) is 0. The summed E-state index contributed by atoms with van der Waals surface area (Å²) in [6, 6.07) is 0. The second-order valence-electron chi connectivity index (χ2n) is 1.63. The fourth-order valence-corrected chi connectivity index (χ4v) is 1.44. The van der Waals surface area contributed by atoms with Crippen LogP contribution in [-0.4, -0.2) is 55.9 Å². The molecular weight excluding hydrogens is 292 g/mol. The average molecular weight is 293 g/mol. The van der Waals surface area contributed by atoms with Gasteiger partial charge in [-0.1, -0.05) is 46.4 Å². The molecule has 0 fully saturated rings. The Morgan fingerprint density at radius 3 is 2.00 bits per heavy atom. The maximum Gasteiger partial charge on any atom is 0.162 e. The third-order valence-corrected chi connectivity index (χ3v) is 2.94. The molecule has 1 aliphatic rings. The minimum absolute atomic E-state index is 0. The molecule has 0 saturated heterocycles. The zero-order valence-corrected chi connectivity index (χ0v) is 12.7. The number of halogens is 5. The molecule has 0 amide bonds. The molecule has 12 heavy (non-hydrogen) atoms. The molecule has 0 spiro atoms. The molecule has 8 heteroatoms. The van der Waals surface area contributed by atoms with E-state index < -0.39 is 0 Å². The van der Waals surface area contributed by atoms with Crippen LogP contribution >= 0.6 is 58.2 Å². The molecule has 0 atom stereocenters. The second kappa shape index (κ2) is 5.91. The van der Waals surface area contributed by atoms with E-state index in [1.165, 1.54) is 0 Å². The van der Waals surface area contributed by atoms with Crippen LogP contribution < -0.4 is 5.43 Å². The van der Waals surface area contributed by atoms with E-state index in [9.17, 15) is 0 Å². The Balaban J connectivity index is 0.00000121. The van der Waals surface area contributed by atoms with Crippen LogP contribution in [0.3, 0.4) is 0 Å². The molecule has 0 bridgehead atoms. The van der Waals surface area contributed by atoms with Gasteiger partial charge < -0.3 is 0 Å². The number of nitrogens with one attached hydrogen (secondary N) is 1. The van der Waals surface area contributed by atoms with Gasteiger partial charge in [-0.2, -0.15) is 4.53 Å². The summed E-state index contributed by atoms with van der Waals surface area (Å²) < 4.78 is 0.943. The van der Waals surface area contributed by atoms with Crippen molar-refractivity contribution in [3.8, 4) is 0 Å². The number of allylic oxidation sites excluding steroid dienone is 2. The molecule has 0 aromatic heterocycles. The van der Waals surface area contributed by atoms with E-state index in [2.05, 4.69) is 5.43 Å². The maximum absolute atomic E-state index is 5.61. The average Bonchev–Trinajstić information content (AvgIpc) is 1.97. The number of nitrogens with zero attached hydrogens (tertiary/aromatic N) is 1. The van der Waals surface area contributed by atoms with Crippen molar-refractivity contribution in [3.05, 3.63) is 20.4 Å². The van der Waals surface area contributed by atoms with Gasteiger partial charge in [-0.25, -0.2) is 0 Å². The fourth-order valence-electron chi connectivity index (χ4n) is 0.457. The third kappa shape index (κ3) is 3.09. The van der Waals surface area contributed by atoms with Gasteiger partial charge in [-0.3, -0.25) is 5.43 Å². The van der Waals surface area contributed by atoms with Crippen LogP contribution in [0, 0.1) is 0 Å². The molecule has 0 unspecified atom stereocenters. The van der Waals surface area contributed by atoms with Gasteiger partial charge in [0.2, 0.25) is 0 Å². The monoisotopic (exact) mass is 291 g/mol. The standard InChI is InChI=1S/C4HCl5N2.K/c5-1-2(6)4(8)11(9)10-3(1)7;/h10H;. The van der Waals surface area contributed by atoms with Gasteiger partial charge in [0.05, 0.1) is 5.03 Å². The van der Waals surface area contributed by atoms with Crippen molar-refractivity contribution in [1.29, 1.82) is 0 Å². The van der Waals surface area contributed by atoms with E-state index in [4.69, 9.17) is 58.2 Å². The van der Waals surface area contributed by atoms with Crippen LogP contribution in [0.2, 0.25) is 0 Å². The number of hydrazine groups is 1. The second-order valence-corrected chi connectivity index (χ2v) is 3.46. The van der Waals surface area contributed by atoms with Crippen LogP contribution in [0.1, 0.15) is 0 Å². The first kappa shape index (κ1) is 14.2. The Kier molecular flexibility index (Phi) is 6.97. The molecule has 0 aromatic rings. The van der Waals surface area contributed by atoms with Crippen molar-refractivity contribution in [3.63, 3.8) is 0 Å². The number of hydrogen-bond donors (Lipinski definition) is 1. The van der Waals surface area contributed by atoms with Crippen LogP contribution in [-0.2, 0) is 0 Å². The first-order valence-corrected chi connectivity index (χ1v) is 4.22. The summed E-state index contributed by atoms with van der Waals surface area (Å²) in [6.07, 6.45) is 0. The summed E-state index contributed by atoms with van der Waals surface area (Å²) in [7, 11) is 0. The smallest absolute Gasteiger partial charge is 0.162 e. The Bertz CT molecular complexity index is 250. The van der Waals surface area contributed by atoms with Crippen LogP contribution in [0.4, 0.5) is 0 Å². The summed E-state index contributed by atoms with van der Waals surface area (Å²) >= 11 is 27.8. The molecule has 1 heterocycles. The van der Waals surface area contributed by atoms with E-state index in [1.54, 1.807) is 0 Å². The van der Waals surface area contributed by atoms with Crippen molar-refractivity contribution in [2.75, 3.05) is 0 Å². The predicted octanol–water partition coefficient (Wildman–Crippen LogP) is 2.87. The normalized spacial score (nSPS) is 17.6. The largest absolute Gasteiger partial charge is 0.270 e. The topological polar surface area (TPSA) is 15.3 Å². The van der Waals surface area contributed by atoms with Crippen LogP contribution in [0.25, 0.3) is 0 Å². The first-order valence-electron chi connectivity index (χ1n) is 2.37. The molecule has 63 valence electrons. The van der Waals surface area contributed by atoms with Crippen LogP contribution in [0.5, 0.6) is 0 Å². The van der Waals surface area contributed by atoms with Gasteiger partial charge in [0.15, 0.2) is 5.16 Å². The van der Waals surface area contributed by atoms with Gasteiger partial charge in [-0.05, 0) is 0 Å². The van der Waals surface area contributed by atoms with Crippen molar-refractivity contribution in [1.82, 2.24) is 9.95 Å². The van der Waals surface area contributed by atoms with Gasteiger partial charge in [-0.15, -0.1) is 0 Å². The molecule has 0 saturated carbocycles. The van der Waals surface area contributed by atoms with E-state index in [-0.39, 0.29) is 71.8 Å². The molecule has 0 aliphatic carbocycles. The zero-order chi connectivity index (χ0) is 8.59. The van der Waals surface area contributed by atoms with Crippen molar-refractivity contribution >= 4 is 110 Å². The zero-order valence-electron chi connectivity index (χ0n) is 5.84. The van der Waals surface area contributed by atoms with Crippen molar-refractivity contribution in [2.24, 2.45) is 0 Å². The SMILES string of the molecule is ClC1=C(Cl)C(Cl)=C(Cl)N(Cl)N1.[K]. The van der Waals surface area contributed by atoms with E-state index in [1.807, 2.05) is 0 Å². The van der Waals surface area contributed by atoms with E-state index in [0.29, 0.717) is 0 Å². The van der Waals surface area contributed by atoms with Gasteiger partial charge in [0.1, 0.15) is 10.2 Å². The summed E-state index contributed by atoms with van der Waals surface area (Å²) in [5, 5.41) is 0.487. The van der Waals surface area contributed by atoms with Crippen molar-refractivity contribution in [2.45, 2.75) is 0 Å². The molecule has 1 N–H and O–H groups in total. The van der Waals surface area contributed by atoms with E-state index in [0.717, 1.165) is 4.53 Å². The maximum atomic E-state index is 5.61. The minimum atomic E-state index is 0. The molecule has 0 aromatic carbocycles. The third-order valence-electron chi connectivity index (χ3n) is 0.935. The van der Waals surface area contributed by atoms with E-state index >= 15 is 0 Å². The molecule has 1 radical (unpaired) electrons. The number of rotatable bonds is 0. The molecular formula is C4HCl5KN2. The molecule has 1 aliphatic heterocycles. The van der Waals surface area contributed by atoms with Crippen molar-refractivity contribution < 1.29 is 0 Å². The minimum Gasteiger partial charge on any atom is -0.270 e. The molecule has 1 rings (SSSR count).